The normalized spacial score (nSPS) is 11.6. The van der Waals surface area contributed by atoms with Gasteiger partial charge in [0.05, 0.1) is 5.39 Å². The summed E-state index contributed by atoms with van der Waals surface area (Å²) in [5.41, 5.74) is 1.43. The van der Waals surface area contributed by atoms with E-state index in [-0.39, 0.29) is 5.63 Å². The van der Waals surface area contributed by atoms with Crippen LogP contribution in [0.25, 0.3) is 32.9 Å². The first-order valence-corrected chi connectivity index (χ1v) is 6.57. The number of para-hydroxylation sites is 1. The van der Waals surface area contributed by atoms with Crippen molar-refractivity contribution in [2.24, 2.45) is 0 Å². The van der Waals surface area contributed by atoms with Crippen molar-refractivity contribution < 1.29 is 8.83 Å². The third kappa shape index (κ3) is 1.47. The van der Waals surface area contributed by atoms with Crippen LogP contribution in [0, 0.1) is 0 Å². The molecule has 4 aromatic rings. The molecule has 0 bridgehead atoms. The number of rotatable bonds is 0. The van der Waals surface area contributed by atoms with Crippen molar-refractivity contribution >= 4 is 48.8 Å². The van der Waals surface area contributed by atoms with Crippen LogP contribution in [0.1, 0.15) is 0 Å². The van der Waals surface area contributed by atoms with E-state index >= 15 is 0 Å². The van der Waals surface area contributed by atoms with E-state index in [0.29, 0.717) is 22.1 Å². The molecule has 4 heteroatoms. The Kier molecular flexibility index (Phi) is 2.11. The second-order valence-corrected chi connectivity index (χ2v) is 5.25. The average molecular weight is 315 g/mol. The van der Waals surface area contributed by atoms with Gasteiger partial charge in [-0.15, -0.1) is 0 Å². The van der Waals surface area contributed by atoms with Crippen molar-refractivity contribution in [3.05, 3.63) is 57.4 Å². The van der Waals surface area contributed by atoms with Gasteiger partial charge >= 0.3 is 5.63 Å². The van der Waals surface area contributed by atoms with Gasteiger partial charge in [0.25, 0.3) is 0 Å². The van der Waals surface area contributed by atoms with Gasteiger partial charge in [0.15, 0.2) is 5.58 Å². The molecule has 0 aliphatic rings. The van der Waals surface area contributed by atoms with Crippen molar-refractivity contribution in [1.29, 1.82) is 0 Å². The first-order valence-electron chi connectivity index (χ1n) is 5.77. The van der Waals surface area contributed by atoms with E-state index in [1.54, 1.807) is 6.07 Å². The summed E-state index contributed by atoms with van der Waals surface area (Å²) in [7, 11) is 0. The highest BCUT2D eigenvalue weighted by molar-refractivity contribution is 9.10. The first-order chi connectivity index (χ1) is 9.24. The molecule has 2 aromatic heterocycles. The maximum Gasteiger partial charge on any atom is 0.348 e. The Morgan fingerprint density at radius 3 is 2.63 bits per heavy atom. The highest BCUT2D eigenvalue weighted by Crippen LogP contribution is 2.32. The van der Waals surface area contributed by atoms with E-state index in [4.69, 9.17) is 8.83 Å². The first kappa shape index (κ1) is 10.8. The van der Waals surface area contributed by atoms with E-state index in [1.807, 2.05) is 36.4 Å². The molecular formula is C15H7BrO3. The molecular weight excluding hydrogens is 308 g/mol. The predicted octanol–water partition coefficient (Wildman–Crippen LogP) is 4.45. The molecule has 0 atom stereocenters. The minimum Gasteiger partial charge on any atom is -0.455 e. The Morgan fingerprint density at radius 1 is 0.895 bits per heavy atom. The van der Waals surface area contributed by atoms with Crippen LogP contribution < -0.4 is 5.63 Å². The van der Waals surface area contributed by atoms with Gasteiger partial charge in [0.2, 0.25) is 0 Å². The average Bonchev–Trinajstić information content (AvgIpc) is 2.78. The van der Waals surface area contributed by atoms with E-state index in [1.165, 1.54) is 0 Å². The monoisotopic (exact) mass is 314 g/mol. The maximum atomic E-state index is 12.1. The molecule has 0 aliphatic heterocycles. The molecule has 0 fully saturated rings. The van der Waals surface area contributed by atoms with Crippen LogP contribution in [0.4, 0.5) is 0 Å². The number of furan rings is 1. The number of halogens is 1. The number of hydrogen-bond acceptors (Lipinski definition) is 3. The quantitative estimate of drug-likeness (QED) is 0.450. The molecule has 0 N–H and O–H groups in total. The SMILES string of the molecule is O=c1oc2cc(Br)ccc2c2oc3ccccc3c12. The molecule has 3 nitrogen and oxygen atoms in total. The van der Waals surface area contributed by atoms with Gasteiger partial charge in [-0.05, 0) is 24.3 Å². The molecule has 2 aromatic carbocycles. The molecule has 0 radical (unpaired) electrons. The van der Waals surface area contributed by atoms with Gasteiger partial charge < -0.3 is 8.83 Å². The second kappa shape index (κ2) is 3.71. The third-order valence-corrected chi connectivity index (χ3v) is 3.68. The fraction of sp³-hybridized carbons (Fsp3) is 0. The lowest BCUT2D eigenvalue weighted by Crippen LogP contribution is -1.97. The van der Waals surface area contributed by atoms with Gasteiger partial charge in [-0.3, -0.25) is 0 Å². The largest absolute Gasteiger partial charge is 0.455 e. The molecule has 0 spiro atoms. The summed E-state index contributed by atoms with van der Waals surface area (Å²) in [5.74, 6) is 0. The summed E-state index contributed by atoms with van der Waals surface area (Å²) in [5, 5.41) is 2.09. The summed E-state index contributed by atoms with van der Waals surface area (Å²) in [4.78, 5) is 12.1. The summed E-state index contributed by atoms with van der Waals surface area (Å²) in [6.45, 7) is 0. The summed E-state index contributed by atoms with van der Waals surface area (Å²) in [6, 6.07) is 13.0. The van der Waals surface area contributed by atoms with Crippen LogP contribution in [0.5, 0.6) is 0 Å². The van der Waals surface area contributed by atoms with Gasteiger partial charge in [0, 0.05) is 9.86 Å². The molecule has 0 saturated heterocycles. The van der Waals surface area contributed by atoms with Crippen LogP contribution in [-0.2, 0) is 0 Å². The van der Waals surface area contributed by atoms with Crippen LogP contribution >= 0.6 is 15.9 Å². The van der Waals surface area contributed by atoms with Crippen LogP contribution in [0.2, 0.25) is 0 Å². The highest BCUT2D eigenvalue weighted by Gasteiger charge is 2.15. The number of fused-ring (bicyclic) bond motifs is 5. The molecule has 0 unspecified atom stereocenters. The number of benzene rings is 2. The van der Waals surface area contributed by atoms with Crippen molar-refractivity contribution in [2.45, 2.75) is 0 Å². The van der Waals surface area contributed by atoms with Crippen molar-refractivity contribution in [3.63, 3.8) is 0 Å². The molecule has 2 heterocycles. The standard InChI is InChI=1S/C15H7BrO3/c16-8-5-6-10-12(7-8)19-15(17)13-9-3-1-2-4-11(9)18-14(10)13/h1-7H. The predicted molar refractivity (Wildman–Crippen MR) is 77.5 cm³/mol. The van der Waals surface area contributed by atoms with Crippen LogP contribution in [-0.4, -0.2) is 0 Å². The minimum atomic E-state index is -0.370. The smallest absolute Gasteiger partial charge is 0.348 e. The second-order valence-electron chi connectivity index (χ2n) is 4.33. The van der Waals surface area contributed by atoms with E-state index in [9.17, 15) is 4.79 Å². The van der Waals surface area contributed by atoms with E-state index < -0.39 is 0 Å². The van der Waals surface area contributed by atoms with Crippen molar-refractivity contribution in [1.82, 2.24) is 0 Å². The maximum absolute atomic E-state index is 12.1. The molecule has 0 amide bonds. The zero-order chi connectivity index (χ0) is 13.0. The van der Waals surface area contributed by atoms with Gasteiger partial charge in [-0.2, -0.15) is 0 Å². The summed E-state index contributed by atoms with van der Waals surface area (Å²) >= 11 is 3.36. The van der Waals surface area contributed by atoms with E-state index in [0.717, 1.165) is 15.2 Å². The fourth-order valence-electron chi connectivity index (χ4n) is 2.36. The van der Waals surface area contributed by atoms with Gasteiger partial charge in [-0.25, -0.2) is 4.79 Å². The zero-order valence-corrected chi connectivity index (χ0v) is 11.2. The summed E-state index contributed by atoms with van der Waals surface area (Å²) in [6.07, 6.45) is 0. The highest BCUT2D eigenvalue weighted by atomic mass is 79.9. The fourth-order valence-corrected chi connectivity index (χ4v) is 2.70. The third-order valence-electron chi connectivity index (χ3n) is 3.19. The Balaban J connectivity index is 2.36. The summed E-state index contributed by atoms with van der Waals surface area (Å²) < 4.78 is 12.0. The molecule has 0 aliphatic carbocycles. The Hall–Kier alpha value is -2.07. The molecule has 4 rings (SSSR count). The number of hydrogen-bond donors (Lipinski definition) is 0. The van der Waals surface area contributed by atoms with Crippen LogP contribution in [0.3, 0.4) is 0 Å². The Morgan fingerprint density at radius 2 is 1.74 bits per heavy atom. The Bertz CT molecular complexity index is 995. The molecule has 0 saturated carbocycles. The van der Waals surface area contributed by atoms with Crippen molar-refractivity contribution in [3.8, 4) is 0 Å². The lowest BCUT2D eigenvalue weighted by molar-refractivity contribution is 0.566. The molecule has 19 heavy (non-hydrogen) atoms. The zero-order valence-electron chi connectivity index (χ0n) is 9.64. The minimum absolute atomic E-state index is 0.370. The van der Waals surface area contributed by atoms with Crippen LogP contribution in [0.15, 0.2) is 60.6 Å². The molecule has 92 valence electrons. The van der Waals surface area contributed by atoms with Crippen molar-refractivity contribution in [2.75, 3.05) is 0 Å². The lowest BCUT2D eigenvalue weighted by atomic mass is 10.1. The van der Waals surface area contributed by atoms with Gasteiger partial charge in [0.1, 0.15) is 16.6 Å². The lowest BCUT2D eigenvalue weighted by Gasteiger charge is -1.97. The van der Waals surface area contributed by atoms with Gasteiger partial charge in [-0.1, -0.05) is 34.1 Å². The topological polar surface area (TPSA) is 43.4 Å². The van der Waals surface area contributed by atoms with E-state index in [2.05, 4.69) is 15.9 Å². The Labute approximate surface area is 115 Å².